The number of rotatable bonds is 3. The molecule has 0 aliphatic rings. The lowest BCUT2D eigenvalue weighted by Gasteiger charge is -2.24. The van der Waals surface area contributed by atoms with Gasteiger partial charge < -0.3 is 5.43 Å². The van der Waals surface area contributed by atoms with E-state index < -0.39 is 0 Å². The summed E-state index contributed by atoms with van der Waals surface area (Å²) in [6, 6.07) is 12.3. The van der Waals surface area contributed by atoms with Crippen molar-refractivity contribution in [3.05, 3.63) is 52.7 Å². The molecule has 3 rings (SSSR count). The van der Waals surface area contributed by atoms with E-state index in [0.29, 0.717) is 5.82 Å². The molecule has 0 amide bonds. The summed E-state index contributed by atoms with van der Waals surface area (Å²) in [7, 11) is 0. The average molecular weight is 298 g/mol. The molecule has 2 heterocycles. The first-order chi connectivity index (χ1) is 10.0. The quantitative estimate of drug-likeness (QED) is 0.572. The monoisotopic (exact) mass is 298 g/mol. The molecule has 108 valence electrons. The van der Waals surface area contributed by atoms with E-state index in [1.165, 1.54) is 10.4 Å². The van der Waals surface area contributed by atoms with Gasteiger partial charge in [0.25, 0.3) is 0 Å². The van der Waals surface area contributed by atoms with Crippen LogP contribution in [-0.4, -0.2) is 9.97 Å². The summed E-state index contributed by atoms with van der Waals surface area (Å²) in [6.07, 6.45) is 0. The van der Waals surface area contributed by atoms with E-state index in [-0.39, 0.29) is 5.41 Å². The summed E-state index contributed by atoms with van der Waals surface area (Å²) in [6.45, 7) is 6.32. The highest BCUT2D eigenvalue weighted by Crippen LogP contribution is 2.34. The first-order valence-corrected chi connectivity index (χ1v) is 7.65. The Kier molecular flexibility index (Phi) is 3.39. The Hall–Kier alpha value is -1.98. The number of hydrogen-bond acceptors (Lipinski definition) is 5. The molecular formula is C16H18N4S. The number of fused-ring (bicyclic) bond motifs is 1. The minimum Gasteiger partial charge on any atom is -0.308 e. The van der Waals surface area contributed by atoms with Gasteiger partial charge in [0, 0.05) is 10.3 Å². The standard InChI is InChI=1S/C16H18N4S/c1-10-9-12-13(20-17)18-15(19-14(12)21-10)16(2,3)11-7-5-4-6-8-11/h4-9H,17H2,1-3H3,(H,18,19,20). The van der Waals surface area contributed by atoms with Crippen molar-refractivity contribution < 1.29 is 0 Å². The summed E-state index contributed by atoms with van der Waals surface area (Å²) >= 11 is 1.66. The van der Waals surface area contributed by atoms with Gasteiger partial charge in [-0.05, 0) is 32.4 Å². The number of benzene rings is 1. The van der Waals surface area contributed by atoms with Crippen LogP contribution in [0.3, 0.4) is 0 Å². The first-order valence-electron chi connectivity index (χ1n) is 6.83. The molecule has 21 heavy (non-hydrogen) atoms. The summed E-state index contributed by atoms with van der Waals surface area (Å²) in [5.41, 5.74) is 3.61. The van der Waals surface area contributed by atoms with Crippen molar-refractivity contribution in [3.8, 4) is 0 Å². The van der Waals surface area contributed by atoms with Gasteiger partial charge in [-0.1, -0.05) is 30.3 Å². The van der Waals surface area contributed by atoms with Gasteiger partial charge >= 0.3 is 0 Å². The SMILES string of the molecule is Cc1cc2c(NN)nc(C(C)(C)c3ccccc3)nc2s1. The Bertz CT molecular complexity index is 778. The Labute approximate surface area is 128 Å². The number of nitrogens with zero attached hydrogens (tertiary/aromatic N) is 2. The predicted molar refractivity (Wildman–Crippen MR) is 88.5 cm³/mol. The number of nitrogen functional groups attached to an aromatic ring is 1. The maximum absolute atomic E-state index is 5.64. The lowest BCUT2D eigenvalue weighted by molar-refractivity contribution is 0.595. The van der Waals surface area contributed by atoms with Crippen molar-refractivity contribution in [2.75, 3.05) is 5.43 Å². The molecule has 0 unspecified atom stereocenters. The highest BCUT2D eigenvalue weighted by atomic mass is 32.1. The van der Waals surface area contributed by atoms with E-state index in [2.05, 4.69) is 49.4 Å². The molecule has 4 nitrogen and oxygen atoms in total. The molecule has 0 aliphatic heterocycles. The van der Waals surface area contributed by atoms with Crippen molar-refractivity contribution in [1.29, 1.82) is 0 Å². The molecule has 0 fully saturated rings. The molecule has 0 saturated heterocycles. The highest BCUT2D eigenvalue weighted by Gasteiger charge is 2.27. The van der Waals surface area contributed by atoms with Gasteiger partial charge in [0.05, 0.1) is 5.39 Å². The summed E-state index contributed by atoms with van der Waals surface area (Å²) in [5.74, 6) is 7.10. The van der Waals surface area contributed by atoms with Crippen LogP contribution in [0.2, 0.25) is 0 Å². The Balaban J connectivity index is 2.20. The van der Waals surface area contributed by atoms with Crippen LogP contribution in [0.4, 0.5) is 5.82 Å². The van der Waals surface area contributed by atoms with Crippen LogP contribution in [0.5, 0.6) is 0 Å². The molecule has 5 heteroatoms. The second kappa shape index (κ2) is 5.09. The molecule has 1 aromatic carbocycles. The smallest absolute Gasteiger partial charge is 0.152 e. The van der Waals surface area contributed by atoms with Gasteiger partial charge in [-0.2, -0.15) is 0 Å². The number of hydrogen-bond donors (Lipinski definition) is 2. The lowest BCUT2D eigenvalue weighted by Crippen LogP contribution is -2.23. The van der Waals surface area contributed by atoms with Crippen molar-refractivity contribution in [1.82, 2.24) is 9.97 Å². The predicted octanol–water partition coefficient (Wildman–Crippen LogP) is 3.61. The average Bonchev–Trinajstić information content (AvgIpc) is 2.87. The van der Waals surface area contributed by atoms with Crippen molar-refractivity contribution >= 4 is 27.4 Å². The number of thiophene rings is 1. The van der Waals surface area contributed by atoms with Crippen molar-refractivity contribution in [2.24, 2.45) is 5.84 Å². The van der Waals surface area contributed by atoms with Gasteiger partial charge in [-0.3, -0.25) is 0 Å². The third-order valence-corrected chi connectivity index (χ3v) is 4.65. The number of hydrazine groups is 1. The fraction of sp³-hybridized carbons (Fsp3) is 0.250. The van der Waals surface area contributed by atoms with E-state index in [1.807, 2.05) is 18.2 Å². The third-order valence-electron chi connectivity index (χ3n) is 3.71. The van der Waals surface area contributed by atoms with Crippen LogP contribution in [0.25, 0.3) is 10.2 Å². The van der Waals surface area contributed by atoms with E-state index >= 15 is 0 Å². The zero-order valence-corrected chi connectivity index (χ0v) is 13.2. The second-order valence-corrected chi connectivity index (χ2v) is 6.84. The lowest BCUT2D eigenvalue weighted by atomic mass is 9.84. The molecule has 0 saturated carbocycles. The fourth-order valence-corrected chi connectivity index (χ4v) is 3.29. The third kappa shape index (κ3) is 2.39. The Morgan fingerprint density at radius 2 is 1.86 bits per heavy atom. The van der Waals surface area contributed by atoms with Crippen LogP contribution in [0.15, 0.2) is 36.4 Å². The van der Waals surface area contributed by atoms with Crippen LogP contribution >= 0.6 is 11.3 Å². The van der Waals surface area contributed by atoms with Crippen LogP contribution < -0.4 is 11.3 Å². The minimum absolute atomic E-state index is 0.279. The molecule has 2 aromatic heterocycles. The van der Waals surface area contributed by atoms with Crippen LogP contribution in [0, 0.1) is 6.92 Å². The maximum Gasteiger partial charge on any atom is 0.152 e. The van der Waals surface area contributed by atoms with Crippen molar-refractivity contribution in [2.45, 2.75) is 26.2 Å². The Morgan fingerprint density at radius 1 is 1.14 bits per heavy atom. The zero-order chi connectivity index (χ0) is 15.0. The van der Waals surface area contributed by atoms with Crippen molar-refractivity contribution in [3.63, 3.8) is 0 Å². The summed E-state index contributed by atoms with van der Waals surface area (Å²) in [5, 5.41) is 0.979. The van der Waals surface area contributed by atoms with E-state index in [1.54, 1.807) is 11.3 Å². The largest absolute Gasteiger partial charge is 0.308 e. The summed E-state index contributed by atoms with van der Waals surface area (Å²) < 4.78 is 0. The normalized spacial score (nSPS) is 11.8. The van der Waals surface area contributed by atoms with Gasteiger partial charge in [0.2, 0.25) is 0 Å². The van der Waals surface area contributed by atoms with Gasteiger partial charge in [0.15, 0.2) is 5.82 Å². The van der Waals surface area contributed by atoms with E-state index in [4.69, 9.17) is 10.8 Å². The van der Waals surface area contributed by atoms with Crippen LogP contribution in [-0.2, 0) is 5.41 Å². The number of aromatic nitrogens is 2. The molecule has 3 aromatic rings. The maximum atomic E-state index is 5.64. The van der Waals surface area contributed by atoms with E-state index in [0.717, 1.165) is 16.0 Å². The molecule has 3 N–H and O–H groups in total. The number of nitrogens with two attached hydrogens (primary N) is 1. The van der Waals surface area contributed by atoms with Gasteiger partial charge in [-0.25, -0.2) is 15.8 Å². The van der Waals surface area contributed by atoms with Crippen LogP contribution in [0.1, 0.15) is 30.1 Å². The molecule has 0 radical (unpaired) electrons. The molecule has 0 bridgehead atoms. The number of nitrogens with one attached hydrogen (secondary N) is 1. The summed E-state index contributed by atoms with van der Waals surface area (Å²) in [4.78, 5) is 11.6. The Morgan fingerprint density at radius 3 is 2.52 bits per heavy atom. The minimum atomic E-state index is -0.279. The molecule has 0 aliphatic carbocycles. The van der Waals surface area contributed by atoms with E-state index in [9.17, 15) is 0 Å². The number of anilines is 1. The molecular weight excluding hydrogens is 280 g/mol. The number of aryl methyl sites for hydroxylation is 1. The second-order valence-electron chi connectivity index (χ2n) is 5.61. The zero-order valence-electron chi connectivity index (χ0n) is 12.3. The van der Waals surface area contributed by atoms with Gasteiger partial charge in [-0.15, -0.1) is 11.3 Å². The molecule has 0 atom stereocenters. The fourth-order valence-electron chi connectivity index (χ4n) is 2.42. The topological polar surface area (TPSA) is 63.8 Å². The highest BCUT2D eigenvalue weighted by molar-refractivity contribution is 7.18. The first kappa shape index (κ1) is 14.0. The molecule has 0 spiro atoms. The van der Waals surface area contributed by atoms with Gasteiger partial charge in [0.1, 0.15) is 10.7 Å².